The van der Waals surface area contributed by atoms with E-state index >= 15 is 0 Å². The van der Waals surface area contributed by atoms with Crippen LogP contribution in [0.25, 0.3) is 10.8 Å². The van der Waals surface area contributed by atoms with E-state index in [0.717, 1.165) is 54.7 Å². The van der Waals surface area contributed by atoms with Gasteiger partial charge in [0, 0.05) is 36.4 Å². The van der Waals surface area contributed by atoms with Crippen molar-refractivity contribution in [2.45, 2.75) is 46.2 Å². The van der Waals surface area contributed by atoms with Crippen LogP contribution in [-0.2, 0) is 17.9 Å². The van der Waals surface area contributed by atoms with Gasteiger partial charge in [-0.1, -0.05) is 12.1 Å². The number of nitrogens with zero attached hydrogens (tertiary/aromatic N) is 4. The highest BCUT2D eigenvalue weighted by atomic mass is 19.1. The fourth-order valence-corrected chi connectivity index (χ4v) is 4.14. The second-order valence-corrected chi connectivity index (χ2v) is 7.72. The lowest BCUT2D eigenvalue weighted by Crippen LogP contribution is -2.40. The van der Waals surface area contributed by atoms with Gasteiger partial charge in [0.05, 0.1) is 11.6 Å². The van der Waals surface area contributed by atoms with E-state index in [9.17, 15) is 14.0 Å². The second kappa shape index (κ2) is 7.81. The summed E-state index contributed by atoms with van der Waals surface area (Å²) < 4.78 is 16.5. The maximum absolute atomic E-state index is 13.2. The van der Waals surface area contributed by atoms with Crippen molar-refractivity contribution >= 4 is 16.7 Å². The molecule has 2 aromatic heterocycles. The van der Waals surface area contributed by atoms with Crippen LogP contribution in [0.4, 0.5) is 4.39 Å². The molecule has 0 spiro atoms. The van der Waals surface area contributed by atoms with Gasteiger partial charge in [-0.25, -0.2) is 9.07 Å². The monoisotopic (exact) mass is 396 g/mol. The van der Waals surface area contributed by atoms with Crippen LogP contribution in [0.1, 0.15) is 36.2 Å². The van der Waals surface area contributed by atoms with Crippen molar-refractivity contribution in [2.24, 2.45) is 0 Å². The van der Waals surface area contributed by atoms with Crippen molar-refractivity contribution in [1.29, 1.82) is 0 Å². The topological polar surface area (TPSA) is 60.1 Å². The zero-order valence-corrected chi connectivity index (χ0v) is 16.8. The number of carbonyl (C=O) groups excluding carboxylic acids is 1. The largest absolute Gasteiger partial charge is 0.343 e. The quantitative estimate of drug-likeness (QED) is 0.681. The number of halogens is 1. The van der Waals surface area contributed by atoms with E-state index in [4.69, 9.17) is 0 Å². The Kier molecular flexibility index (Phi) is 5.22. The molecule has 3 heterocycles. The van der Waals surface area contributed by atoms with E-state index in [1.54, 1.807) is 18.3 Å². The Labute approximate surface area is 168 Å². The lowest BCUT2D eigenvalue weighted by molar-refractivity contribution is -0.133. The van der Waals surface area contributed by atoms with Crippen LogP contribution in [0.5, 0.6) is 0 Å². The van der Waals surface area contributed by atoms with Gasteiger partial charge in [0.15, 0.2) is 0 Å². The summed E-state index contributed by atoms with van der Waals surface area (Å²) in [6.45, 7) is 5.86. The van der Waals surface area contributed by atoms with Crippen molar-refractivity contribution < 1.29 is 9.18 Å². The minimum Gasteiger partial charge on any atom is -0.343 e. The normalized spacial score (nSPS) is 14.5. The van der Waals surface area contributed by atoms with Crippen molar-refractivity contribution in [3.63, 3.8) is 0 Å². The van der Waals surface area contributed by atoms with Crippen LogP contribution in [0.15, 0.2) is 35.3 Å². The number of piperidine rings is 1. The molecule has 1 fully saturated rings. The summed E-state index contributed by atoms with van der Waals surface area (Å²) in [5, 5.41) is 5.65. The number of aryl methyl sites for hydroxylation is 2. The third-order valence-corrected chi connectivity index (χ3v) is 5.85. The van der Waals surface area contributed by atoms with Gasteiger partial charge in [-0.3, -0.25) is 9.59 Å². The number of carbonyl (C=O) groups is 1. The molecule has 1 aliphatic heterocycles. The molecule has 29 heavy (non-hydrogen) atoms. The highest BCUT2D eigenvalue weighted by Gasteiger charge is 2.20. The van der Waals surface area contributed by atoms with Crippen molar-refractivity contribution in [1.82, 2.24) is 19.2 Å². The van der Waals surface area contributed by atoms with Gasteiger partial charge in [-0.05, 0) is 50.8 Å². The molecule has 1 amide bonds. The smallest absolute Gasteiger partial charge is 0.276 e. The summed E-state index contributed by atoms with van der Waals surface area (Å²) in [7, 11) is 0. The number of hydrogen-bond donors (Lipinski definition) is 0. The first-order chi connectivity index (χ1) is 14.0. The molecule has 0 N–H and O–H groups in total. The number of amides is 1. The van der Waals surface area contributed by atoms with Crippen molar-refractivity contribution in [3.05, 3.63) is 63.6 Å². The lowest BCUT2D eigenvalue weighted by atomic mass is 10.1. The van der Waals surface area contributed by atoms with Gasteiger partial charge < -0.3 is 9.47 Å². The molecular weight excluding hydrogens is 371 g/mol. The molecule has 3 aromatic rings. The van der Waals surface area contributed by atoms with Crippen LogP contribution < -0.4 is 5.56 Å². The van der Waals surface area contributed by atoms with Crippen LogP contribution in [-0.4, -0.2) is 38.2 Å². The third-order valence-electron chi connectivity index (χ3n) is 5.85. The molecule has 0 saturated carbocycles. The maximum atomic E-state index is 13.2. The molecule has 4 rings (SSSR count). The first kappa shape index (κ1) is 19.4. The van der Waals surface area contributed by atoms with Crippen molar-refractivity contribution in [3.8, 4) is 0 Å². The standard InChI is InChI=1S/C22H25FN4O2/c1-15-19-12-24-27(14-20(28)25-10-4-3-5-11-25)22(29)21(19)16(2)26(15)13-17-6-8-18(23)9-7-17/h6-9,12H,3-5,10-11,13-14H2,1-2H3. The van der Waals surface area contributed by atoms with Gasteiger partial charge in [-0.2, -0.15) is 5.10 Å². The molecule has 7 heteroatoms. The van der Waals surface area contributed by atoms with E-state index < -0.39 is 0 Å². The van der Waals surface area contributed by atoms with Crippen LogP contribution >= 0.6 is 0 Å². The zero-order valence-electron chi connectivity index (χ0n) is 16.8. The van der Waals surface area contributed by atoms with Crippen LogP contribution in [0, 0.1) is 19.7 Å². The first-order valence-electron chi connectivity index (χ1n) is 10.0. The third kappa shape index (κ3) is 3.69. The molecule has 0 aliphatic carbocycles. The average Bonchev–Trinajstić information content (AvgIpc) is 2.97. The molecule has 0 unspecified atom stereocenters. The molecule has 1 aromatic carbocycles. The fourth-order valence-electron chi connectivity index (χ4n) is 4.14. The molecule has 152 valence electrons. The number of aromatic nitrogens is 3. The highest BCUT2D eigenvalue weighted by molar-refractivity contribution is 5.87. The summed E-state index contributed by atoms with van der Waals surface area (Å²) in [6, 6.07) is 6.35. The van der Waals surface area contributed by atoms with Gasteiger partial charge in [-0.15, -0.1) is 0 Å². The zero-order chi connectivity index (χ0) is 20.5. The van der Waals surface area contributed by atoms with E-state index in [0.29, 0.717) is 11.9 Å². The molecule has 6 nitrogen and oxygen atoms in total. The Balaban J connectivity index is 1.67. The van der Waals surface area contributed by atoms with Gasteiger partial charge >= 0.3 is 0 Å². The minimum atomic E-state index is -0.273. The van der Waals surface area contributed by atoms with Gasteiger partial charge in [0.2, 0.25) is 5.91 Å². The molecule has 0 bridgehead atoms. The number of benzene rings is 1. The predicted octanol–water partition coefficient (Wildman–Crippen LogP) is 3.01. The van der Waals surface area contributed by atoms with Crippen molar-refractivity contribution in [2.75, 3.05) is 13.1 Å². The Bertz CT molecular complexity index is 1110. The number of likely N-dealkylation sites (tertiary alicyclic amines) is 1. The summed E-state index contributed by atoms with van der Waals surface area (Å²) in [5.74, 6) is -0.330. The number of hydrogen-bond acceptors (Lipinski definition) is 3. The summed E-state index contributed by atoms with van der Waals surface area (Å²) in [6.07, 6.45) is 4.84. The predicted molar refractivity (Wildman–Crippen MR) is 109 cm³/mol. The minimum absolute atomic E-state index is 0.0313. The molecule has 0 atom stereocenters. The number of fused-ring (bicyclic) bond motifs is 1. The highest BCUT2D eigenvalue weighted by Crippen LogP contribution is 2.23. The van der Waals surface area contributed by atoms with Crippen LogP contribution in [0.3, 0.4) is 0 Å². The Hall–Kier alpha value is -2.96. The van der Waals surface area contributed by atoms with E-state index in [2.05, 4.69) is 5.10 Å². The summed E-state index contributed by atoms with van der Waals surface area (Å²) in [5.41, 5.74) is 2.46. The van der Waals surface area contributed by atoms with E-state index in [1.165, 1.54) is 16.8 Å². The molecular formula is C22H25FN4O2. The SMILES string of the molecule is Cc1c2cnn(CC(=O)N3CCCCC3)c(=O)c2c(C)n1Cc1ccc(F)cc1. The van der Waals surface area contributed by atoms with E-state index in [1.807, 2.05) is 23.3 Å². The van der Waals surface area contributed by atoms with Gasteiger partial charge in [0.25, 0.3) is 5.56 Å². The molecule has 0 radical (unpaired) electrons. The maximum Gasteiger partial charge on any atom is 0.276 e. The van der Waals surface area contributed by atoms with E-state index in [-0.39, 0.29) is 23.8 Å². The second-order valence-electron chi connectivity index (χ2n) is 7.72. The average molecular weight is 396 g/mol. The molecule has 1 aliphatic rings. The van der Waals surface area contributed by atoms with Crippen LogP contribution in [0.2, 0.25) is 0 Å². The fraction of sp³-hybridized carbons (Fsp3) is 0.409. The number of rotatable bonds is 4. The first-order valence-corrected chi connectivity index (χ1v) is 10.0. The lowest BCUT2D eigenvalue weighted by Gasteiger charge is -2.26. The Morgan fingerprint density at radius 2 is 1.76 bits per heavy atom. The Morgan fingerprint density at radius 1 is 1.07 bits per heavy atom. The van der Waals surface area contributed by atoms with Gasteiger partial charge in [0.1, 0.15) is 12.4 Å². The summed E-state index contributed by atoms with van der Waals surface area (Å²) >= 11 is 0. The Morgan fingerprint density at radius 3 is 2.45 bits per heavy atom. The summed E-state index contributed by atoms with van der Waals surface area (Å²) in [4.78, 5) is 27.5. The molecule has 1 saturated heterocycles.